The molecule has 5 atom stereocenters. The number of aromatic nitrogens is 3. The molecule has 2 bridgehead atoms. The summed E-state index contributed by atoms with van der Waals surface area (Å²) in [5, 5.41) is 0.724. The van der Waals surface area contributed by atoms with E-state index in [-0.39, 0.29) is 64.0 Å². The summed E-state index contributed by atoms with van der Waals surface area (Å²) in [7, 11) is 0. The highest BCUT2D eigenvalue weighted by atomic mass is 19.3. The van der Waals surface area contributed by atoms with Gasteiger partial charge in [-0.2, -0.15) is 9.97 Å². The van der Waals surface area contributed by atoms with Crippen molar-refractivity contribution in [1.82, 2.24) is 24.8 Å². The molecule has 9 rings (SSSR count). The van der Waals surface area contributed by atoms with Crippen molar-refractivity contribution >= 4 is 33.6 Å². The molecule has 286 valence electrons. The first-order chi connectivity index (χ1) is 26.3. The molecule has 2 aromatic carbocycles. The van der Waals surface area contributed by atoms with Gasteiger partial charge < -0.3 is 19.1 Å². The van der Waals surface area contributed by atoms with Crippen LogP contribution in [0, 0.1) is 24.0 Å². The summed E-state index contributed by atoms with van der Waals surface area (Å²) in [6.07, 6.45) is 3.80. The van der Waals surface area contributed by atoms with Crippen LogP contribution in [0.5, 0.6) is 11.9 Å². The van der Waals surface area contributed by atoms with E-state index in [9.17, 15) is 4.79 Å². The second kappa shape index (κ2) is 12.7. The predicted octanol–water partition coefficient (Wildman–Crippen LogP) is 7.26. The lowest BCUT2D eigenvalue weighted by atomic mass is 9.91. The molecular weight excluding hydrogens is 716 g/mol. The van der Waals surface area contributed by atoms with Crippen molar-refractivity contribution in [3.63, 3.8) is 0 Å². The van der Waals surface area contributed by atoms with E-state index in [1.54, 1.807) is 42.7 Å². The fraction of sp³-hybridized carbons (Fsp3) is 0.463. The molecule has 14 heteroatoms. The second-order valence-electron chi connectivity index (χ2n) is 16.1. The van der Waals surface area contributed by atoms with Gasteiger partial charge in [0.1, 0.15) is 40.4 Å². The third kappa shape index (κ3) is 5.48. The van der Waals surface area contributed by atoms with Gasteiger partial charge >= 0.3 is 12.1 Å². The number of rotatable bonds is 5. The van der Waals surface area contributed by atoms with Gasteiger partial charge in [0, 0.05) is 24.0 Å². The molecule has 55 heavy (non-hydrogen) atoms. The monoisotopic (exact) mass is 756 g/mol. The molecule has 0 spiro atoms. The average Bonchev–Trinajstić information content (AvgIpc) is 3.77. The highest BCUT2D eigenvalue weighted by Gasteiger charge is 2.57. The topological polar surface area (TPSA) is 93.2 Å². The van der Waals surface area contributed by atoms with E-state index in [4.69, 9.17) is 25.6 Å². The maximum absolute atomic E-state index is 17.4. The van der Waals surface area contributed by atoms with Gasteiger partial charge in [0.05, 0.1) is 29.2 Å². The molecule has 1 amide bonds. The average molecular weight is 757 g/mol. The molecule has 5 aliphatic heterocycles. The predicted molar refractivity (Wildman–Crippen MR) is 197 cm³/mol. The number of nitrogens with zero attached hydrogens (tertiary/aromatic N) is 6. The van der Waals surface area contributed by atoms with E-state index in [2.05, 4.69) is 27.4 Å². The lowest BCUT2D eigenvalue weighted by molar-refractivity contribution is -0.0371. The fourth-order valence-electron chi connectivity index (χ4n) is 9.55. The summed E-state index contributed by atoms with van der Waals surface area (Å²) in [5.41, 5.74) is -0.774. The molecular formula is C41H40F4N6O4. The number of piperazine rings is 1. The largest absolute Gasteiger partial charge is 0.465 e. The normalized spacial score (nSPS) is 25.9. The Labute approximate surface area is 315 Å². The molecule has 0 aliphatic carbocycles. The smallest absolute Gasteiger partial charge is 0.410 e. The molecule has 0 N–H and O–H groups in total. The Hall–Kier alpha value is -5.16. The summed E-state index contributed by atoms with van der Waals surface area (Å²) < 4.78 is 81.8. The molecule has 0 radical (unpaired) electrons. The van der Waals surface area contributed by atoms with Crippen molar-refractivity contribution in [1.29, 1.82) is 0 Å². The molecule has 2 aromatic heterocycles. The summed E-state index contributed by atoms with van der Waals surface area (Å²) in [4.78, 5) is 33.2. The van der Waals surface area contributed by atoms with Gasteiger partial charge in [-0.3, -0.25) is 9.80 Å². The van der Waals surface area contributed by atoms with E-state index < -0.39 is 59.5 Å². The molecule has 4 fully saturated rings. The molecule has 0 unspecified atom stereocenters. The van der Waals surface area contributed by atoms with Crippen LogP contribution in [0.2, 0.25) is 0 Å². The van der Waals surface area contributed by atoms with E-state index in [1.165, 1.54) is 18.2 Å². The Balaban J connectivity index is 1.25. The van der Waals surface area contributed by atoms with Crippen LogP contribution in [-0.2, 0) is 4.74 Å². The van der Waals surface area contributed by atoms with Gasteiger partial charge in [-0.25, -0.2) is 27.3 Å². The summed E-state index contributed by atoms with van der Waals surface area (Å²) >= 11 is 0. The standard InChI is InChI=1S/C41H40F4N6O4/c1-6-24-26(42)13-11-22-9-7-10-25(28(22)24)31-30(43)32-29-36(48-38(47-32)53-20-41-16-8-17-49(41)18-15-21(41)2)50-19-23-12-14-27(51(23)39(52)55-40(3,4)5)33(50)34(35(44)45)54-37(29)46-31/h1,7,9-11,13,23,27,33-35H,2,8,12,14-20H2,3-5H3/t23-,27+,33+,34+,41+/m1/s1. The van der Waals surface area contributed by atoms with Gasteiger partial charge in [0.2, 0.25) is 5.88 Å². The van der Waals surface area contributed by atoms with Crippen LogP contribution in [0.1, 0.15) is 58.4 Å². The van der Waals surface area contributed by atoms with E-state index in [0.717, 1.165) is 37.9 Å². The van der Waals surface area contributed by atoms with Crippen molar-refractivity contribution in [2.45, 2.75) is 94.7 Å². The molecule has 5 aliphatic rings. The van der Waals surface area contributed by atoms with Gasteiger partial charge in [0.15, 0.2) is 11.9 Å². The van der Waals surface area contributed by atoms with Crippen molar-refractivity contribution in [3.8, 4) is 35.5 Å². The molecule has 10 nitrogen and oxygen atoms in total. The highest BCUT2D eigenvalue weighted by molar-refractivity contribution is 6.03. The number of anilines is 1. The van der Waals surface area contributed by atoms with Crippen LogP contribution in [-0.4, -0.2) is 98.9 Å². The first kappa shape index (κ1) is 35.5. The van der Waals surface area contributed by atoms with Crippen molar-refractivity contribution in [2.75, 3.05) is 31.1 Å². The number of carbonyl (C=O) groups excluding carboxylic acids is 1. The number of fused-ring (bicyclic) bond motifs is 7. The molecule has 7 heterocycles. The quantitative estimate of drug-likeness (QED) is 0.119. The lowest BCUT2D eigenvalue weighted by Gasteiger charge is -2.48. The zero-order chi connectivity index (χ0) is 38.6. The van der Waals surface area contributed by atoms with Gasteiger partial charge in [-0.15, -0.1) is 6.42 Å². The molecule has 4 saturated heterocycles. The first-order valence-corrected chi connectivity index (χ1v) is 18.7. The summed E-state index contributed by atoms with van der Waals surface area (Å²) in [6.45, 7) is 11.6. The third-order valence-electron chi connectivity index (χ3n) is 11.9. The number of hydrogen-bond acceptors (Lipinski definition) is 9. The van der Waals surface area contributed by atoms with E-state index >= 15 is 17.6 Å². The second-order valence-corrected chi connectivity index (χ2v) is 16.1. The number of carbonyl (C=O) groups is 1. The lowest BCUT2D eigenvalue weighted by Crippen LogP contribution is -2.67. The number of hydrogen-bond donors (Lipinski definition) is 0. The van der Waals surface area contributed by atoms with Crippen LogP contribution < -0.4 is 14.4 Å². The number of amides is 1. The summed E-state index contributed by atoms with van der Waals surface area (Å²) in [6, 6.07) is 5.17. The summed E-state index contributed by atoms with van der Waals surface area (Å²) in [5.74, 6) is 0.559. The SMILES string of the molecule is C#Cc1c(F)ccc2cccc(-c3nc4c5c(nc(OC[C@]67CCCN6CCC7=C)nc5c3F)N3C[C@H]5CC[C@@H]([C@H]3[C@@H](C(F)F)O4)N5C(=O)OC(C)(C)C)c12. The van der Waals surface area contributed by atoms with E-state index in [0.29, 0.717) is 18.2 Å². The number of halogens is 4. The zero-order valence-electron chi connectivity index (χ0n) is 30.8. The Morgan fingerprint density at radius 1 is 1.13 bits per heavy atom. The maximum atomic E-state index is 17.4. The minimum atomic E-state index is -3.06. The number of alkyl halides is 2. The Bertz CT molecular complexity index is 2330. The first-order valence-electron chi connectivity index (χ1n) is 18.7. The van der Waals surface area contributed by atoms with Gasteiger partial charge in [-0.1, -0.05) is 42.3 Å². The number of pyridine rings is 1. The highest BCUT2D eigenvalue weighted by Crippen LogP contribution is 2.49. The van der Waals surface area contributed by atoms with Crippen LogP contribution in [0.3, 0.4) is 0 Å². The maximum Gasteiger partial charge on any atom is 0.410 e. The zero-order valence-corrected chi connectivity index (χ0v) is 30.8. The Morgan fingerprint density at radius 2 is 1.95 bits per heavy atom. The third-order valence-corrected chi connectivity index (χ3v) is 11.9. The van der Waals surface area contributed by atoms with Gasteiger partial charge in [-0.05, 0) is 70.9 Å². The van der Waals surface area contributed by atoms with Crippen LogP contribution in [0.25, 0.3) is 32.9 Å². The number of benzene rings is 2. The Kier molecular flexibility index (Phi) is 8.20. The van der Waals surface area contributed by atoms with Crippen LogP contribution in [0.4, 0.5) is 28.2 Å². The van der Waals surface area contributed by atoms with Crippen molar-refractivity contribution < 1.29 is 36.6 Å². The van der Waals surface area contributed by atoms with Crippen molar-refractivity contribution in [3.05, 3.63) is 59.7 Å². The number of terminal acetylenes is 1. The number of ether oxygens (including phenoxy) is 3. The van der Waals surface area contributed by atoms with Crippen molar-refractivity contribution in [2.24, 2.45) is 0 Å². The minimum absolute atomic E-state index is 0.0126. The van der Waals surface area contributed by atoms with Crippen LogP contribution >= 0.6 is 0 Å². The van der Waals surface area contributed by atoms with Crippen LogP contribution in [0.15, 0.2) is 42.5 Å². The Morgan fingerprint density at radius 3 is 2.71 bits per heavy atom. The molecule has 0 saturated carbocycles. The van der Waals surface area contributed by atoms with Gasteiger partial charge in [0.25, 0.3) is 6.43 Å². The minimum Gasteiger partial charge on any atom is -0.465 e. The molecule has 4 aromatic rings. The fourth-order valence-corrected chi connectivity index (χ4v) is 9.55. The van der Waals surface area contributed by atoms with E-state index in [1.807, 2.05) is 0 Å².